The lowest BCUT2D eigenvalue weighted by atomic mass is 10.1. The van der Waals surface area contributed by atoms with E-state index in [9.17, 15) is 0 Å². The second kappa shape index (κ2) is 10.5. The topological polar surface area (TPSA) is 24.5 Å². The van der Waals surface area contributed by atoms with Gasteiger partial charge in [-0.1, -0.05) is 33.3 Å². The first-order chi connectivity index (χ1) is 10.6. The highest BCUT2D eigenvalue weighted by molar-refractivity contribution is 5.59. The van der Waals surface area contributed by atoms with E-state index in [1.165, 1.54) is 30.5 Å². The fourth-order valence-electron chi connectivity index (χ4n) is 2.39. The van der Waals surface area contributed by atoms with E-state index in [4.69, 9.17) is 4.74 Å². The van der Waals surface area contributed by atoms with Crippen LogP contribution < -0.4 is 15.0 Å². The van der Waals surface area contributed by atoms with Crippen LogP contribution in [-0.2, 0) is 6.54 Å². The van der Waals surface area contributed by atoms with Crippen LogP contribution >= 0.6 is 0 Å². The lowest BCUT2D eigenvalue weighted by Crippen LogP contribution is -2.20. The average molecular weight is 306 g/mol. The summed E-state index contributed by atoms with van der Waals surface area (Å²) in [5.74, 6) is 1.75. The minimum atomic E-state index is 0.707. The van der Waals surface area contributed by atoms with Crippen LogP contribution in [0.4, 0.5) is 5.69 Å². The normalized spacial score (nSPS) is 11.0. The van der Waals surface area contributed by atoms with E-state index in [-0.39, 0.29) is 0 Å². The van der Waals surface area contributed by atoms with Gasteiger partial charge in [0.2, 0.25) is 0 Å². The molecule has 1 aromatic rings. The molecule has 0 saturated carbocycles. The van der Waals surface area contributed by atoms with Gasteiger partial charge in [-0.05, 0) is 49.9 Å². The number of unbranched alkanes of at least 4 members (excludes halogenated alkanes) is 1. The molecule has 0 atom stereocenters. The molecule has 0 aliphatic rings. The molecule has 3 heteroatoms. The molecule has 0 saturated heterocycles. The van der Waals surface area contributed by atoms with Crippen LogP contribution in [0, 0.1) is 5.92 Å². The van der Waals surface area contributed by atoms with E-state index in [0.717, 1.165) is 31.3 Å². The molecule has 1 rings (SSSR count). The Morgan fingerprint density at radius 1 is 1.23 bits per heavy atom. The van der Waals surface area contributed by atoms with Gasteiger partial charge in [-0.3, -0.25) is 0 Å². The Hall–Kier alpha value is -1.22. The van der Waals surface area contributed by atoms with Gasteiger partial charge >= 0.3 is 0 Å². The first-order valence-electron chi connectivity index (χ1n) is 8.76. The zero-order valence-corrected chi connectivity index (χ0v) is 15.1. The fraction of sp³-hybridized carbons (Fsp3) is 0.684. The van der Waals surface area contributed by atoms with Crippen molar-refractivity contribution < 1.29 is 4.74 Å². The molecule has 126 valence electrons. The summed E-state index contributed by atoms with van der Waals surface area (Å²) in [4.78, 5) is 2.30. The highest BCUT2D eigenvalue weighted by Gasteiger charge is 2.09. The first-order valence-corrected chi connectivity index (χ1v) is 8.76. The summed E-state index contributed by atoms with van der Waals surface area (Å²) in [5, 5.41) is 3.52. The van der Waals surface area contributed by atoms with Crippen LogP contribution in [0.15, 0.2) is 18.2 Å². The van der Waals surface area contributed by atoms with Crippen molar-refractivity contribution in [3.05, 3.63) is 23.8 Å². The van der Waals surface area contributed by atoms with E-state index in [1.807, 2.05) is 6.92 Å². The molecule has 0 amide bonds. The van der Waals surface area contributed by atoms with Gasteiger partial charge < -0.3 is 15.0 Å². The van der Waals surface area contributed by atoms with Crippen molar-refractivity contribution in [1.82, 2.24) is 5.32 Å². The van der Waals surface area contributed by atoms with Gasteiger partial charge in [-0.25, -0.2) is 0 Å². The summed E-state index contributed by atoms with van der Waals surface area (Å²) in [6.07, 6.45) is 3.64. The van der Waals surface area contributed by atoms with Gasteiger partial charge in [0.25, 0.3) is 0 Å². The number of rotatable bonds is 11. The van der Waals surface area contributed by atoms with Gasteiger partial charge in [0.1, 0.15) is 5.75 Å². The molecule has 0 bridgehead atoms. The zero-order valence-electron chi connectivity index (χ0n) is 15.1. The van der Waals surface area contributed by atoms with Crippen LogP contribution in [0.3, 0.4) is 0 Å². The third-order valence-electron chi connectivity index (χ3n) is 3.81. The molecule has 22 heavy (non-hydrogen) atoms. The van der Waals surface area contributed by atoms with E-state index in [1.54, 1.807) is 0 Å². The van der Waals surface area contributed by atoms with Gasteiger partial charge in [0.05, 0.1) is 12.3 Å². The van der Waals surface area contributed by atoms with Crippen molar-refractivity contribution in [1.29, 1.82) is 0 Å². The maximum atomic E-state index is 5.85. The highest BCUT2D eigenvalue weighted by Crippen LogP contribution is 2.29. The number of hydrogen-bond donors (Lipinski definition) is 1. The lowest BCUT2D eigenvalue weighted by Gasteiger charge is -2.22. The Morgan fingerprint density at radius 2 is 2.00 bits per heavy atom. The maximum Gasteiger partial charge on any atom is 0.142 e. The third kappa shape index (κ3) is 6.69. The number of anilines is 1. The summed E-state index contributed by atoms with van der Waals surface area (Å²) in [6, 6.07) is 6.59. The summed E-state index contributed by atoms with van der Waals surface area (Å²) in [7, 11) is 2.15. The largest absolute Gasteiger partial charge is 0.492 e. The second-order valence-electron chi connectivity index (χ2n) is 6.37. The van der Waals surface area contributed by atoms with Crippen LogP contribution in [0.2, 0.25) is 0 Å². The minimum Gasteiger partial charge on any atom is -0.492 e. The minimum absolute atomic E-state index is 0.707. The number of benzene rings is 1. The van der Waals surface area contributed by atoms with Crippen LogP contribution in [-0.4, -0.2) is 26.7 Å². The Labute approximate surface area is 137 Å². The Morgan fingerprint density at radius 3 is 2.64 bits per heavy atom. The zero-order chi connectivity index (χ0) is 16.4. The summed E-state index contributed by atoms with van der Waals surface area (Å²) < 4.78 is 5.85. The van der Waals surface area contributed by atoms with Crippen molar-refractivity contribution in [3.8, 4) is 5.75 Å². The second-order valence-corrected chi connectivity index (χ2v) is 6.37. The first kappa shape index (κ1) is 18.8. The van der Waals surface area contributed by atoms with Gasteiger partial charge in [-0.15, -0.1) is 0 Å². The molecule has 0 unspecified atom stereocenters. The number of nitrogens with zero attached hydrogens (tertiary/aromatic N) is 1. The van der Waals surface area contributed by atoms with Crippen LogP contribution in [0.1, 0.15) is 52.5 Å². The van der Waals surface area contributed by atoms with Crippen molar-refractivity contribution in [3.63, 3.8) is 0 Å². The lowest BCUT2D eigenvalue weighted by molar-refractivity contribution is 0.340. The predicted octanol–water partition coefficient (Wildman–Crippen LogP) is 4.46. The summed E-state index contributed by atoms with van der Waals surface area (Å²) >= 11 is 0. The summed E-state index contributed by atoms with van der Waals surface area (Å²) in [6.45, 7) is 12.5. The molecule has 0 aromatic heterocycles. The van der Waals surface area contributed by atoms with Crippen molar-refractivity contribution in [2.24, 2.45) is 5.92 Å². The predicted molar refractivity (Wildman–Crippen MR) is 97.0 cm³/mol. The Bertz CT molecular complexity index is 418. The molecule has 0 aliphatic carbocycles. The molecule has 0 heterocycles. The molecule has 1 aromatic carbocycles. The van der Waals surface area contributed by atoms with E-state index in [2.05, 4.69) is 56.2 Å². The van der Waals surface area contributed by atoms with Gasteiger partial charge in [-0.2, -0.15) is 0 Å². The molecule has 0 radical (unpaired) electrons. The Kier molecular flexibility index (Phi) is 8.98. The van der Waals surface area contributed by atoms with E-state index < -0.39 is 0 Å². The SMILES string of the molecule is CCCCN(C)c1ccc(CNCCC(C)C)cc1OCC. The highest BCUT2D eigenvalue weighted by atomic mass is 16.5. The standard InChI is InChI=1S/C19H34N2O/c1-6-8-13-21(5)18-10-9-17(14-19(18)22-7-2)15-20-12-11-16(3)4/h9-10,14,16,20H,6-8,11-13,15H2,1-5H3. The number of nitrogens with one attached hydrogen (secondary N) is 1. The van der Waals surface area contributed by atoms with E-state index >= 15 is 0 Å². The summed E-state index contributed by atoms with van der Waals surface area (Å²) in [5.41, 5.74) is 2.49. The van der Waals surface area contributed by atoms with Crippen LogP contribution in [0.5, 0.6) is 5.75 Å². The van der Waals surface area contributed by atoms with Gasteiger partial charge in [0.15, 0.2) is 0 Å². The third-order valence-corrected chi connectivity index (χ3v) is 3.81. The maximum absolute atomic E-state index is 5.85. The molecular formula is C19H34N2O. The number of hydrogen-bond acceptors (Lipinski definition) is 3. The smallest absolute Gasteiger partial charge is 0.142 e. The quantitative estimate of drug-likeness (QED) is 0.611. The number of ether oxygens (including phenoxy) is 1. The molecule has 3 nitrogen and oxygen atoms in total. The molecule has 0 spiro atoms. The van der Waals surface area contributed by atoms with Crippen molar-refractivity contribution in [2.45, 2.75) is 53.5 Å². The monoisotopic (exact) mass is 306 g/mol. The molecule has 0 aliphatic heterocycles. The molecule has 0 fully saturated rings. The average Bonchev–Trinajstić information content (AvgIpc) is 2.49. The van der Waals surface area contributed by atoms with Crippen molar-refractivity contribution >= 4 is 5.69 Å². The van der Waals surface area contributed by atoms with Gasteiger partial charge in [0, 0.05) is 20.1 Å². The fourth-order valence-corrected chi connectivity index (χ4v) is 2.39. The van der Waals surface area contributed by atoms with Crippen molar-refractivity contribution in [2.75, 3.05) is 31.6 Å². The van der Waals surface area contributed by atoms with E-state index in [0.29, 0.717) is 6.61 Å². The Balaban J connectivity index is 2.67. The van der Waals surface area contributed by atoms with Crippen LogP contribution in [0.25, 0.3) is 0 Å². The molecular weight excluding hydrogens is 272 g/mol. The molecule has 1 N–H and O–H groups in total.